The van der Waals surface area contributed by atoms with Gasteiger partial charge in [0.05, 0.1) is 6.54 Å². The predicted octanol–water partition coefficient (Wildman–Crippen LogP) is 5.14. The normalized spacial score (nSPS) is 22.3. The third-order valence-electron chi connectivity index (χ3n) is 8.99. The molecule has 5 amide bonds. The molecule has 4 aliphatic rings. The molecule has 6 rings (SSSR count). The second-order valence-corrected chi connectivity index (χ2v) is 13.0. The maximum Gasteiger partial charge on any atom is 0.320 e. The van der Waals surface area contributed by atoms with Crippen molar-refractivity contribution in [3.05, 3.63) is 75.1 Å². The van der Waals surface area contributed by atoms with Crippen molar-refractivity contribution >= 4 is 40.9 Å². The number of hydrogen-bond acceptors (Lipinski definition) is 4. The number of amides is 5. The molecule has 2 aromatic rings. The first-order chi connectivity index (χ1) is 20.0. The lowest BCUT2D eigenvalue weighted by Crippen LogP contribution is -2.52. The summed E-state index contributed by atoms with van der Waals surface area (Å²) in [6.45, 7) is 6.35. The van der Waals surface area contributed by atoms with Gasteiger partial charge in [-0.25, -0.2) is 9.18 Å². The Morgan fingerprint density at radius 2 is 1.71 bits per heavy atom. The van der Waals surface area contributed by atoms with E-state index >= 15 is 4.39 Å². The summed E-state index contributed by atoms with van der Waals surface area (Å²) in [5.74, 6) is -1.84. The molecule has 2 fully saturated rings. The van der Waals surface area contributed by atoms with E-state index in [-0.39, 0.29) is 48.8 Å². The van der Waals surface area contributed by atoms with Gasteiger partial charge in [-0.2, -0.15) is 0 Å². The smallest absolute Gasteiger partial charge is 0.320 e. The average Bonchev–Trinajstić information content (AvgIpc) is 3.44. The lowest BCUT2D eigenvalue weighted by molar-refractivity contribution is -0.136. The van der Waals surface area contributed by atoms with E-state index in [1.165, 1.54) is 22.1 Å². The highest BCUT2D eigenvalue weighted by Gasteiger charge is 2.40. The Balaban J connectivity index is 1.16. The molecule has 2 saturated heterocycles. The van der Waals surface area contributed by atoms with Crippen molar-refractivity contribution in [2.24, 2.45) is 5.41 Å². The van der Waals surface area contributed by atoms with Crippen molar-refractivity contribution in [1.82, 2.24) is 20.0 Å². The molecule has 8 nitrogen and oxygen atoms in total. The highest BCUT2D eigenvalue weighted by atomic mass is 35.5. The molecule has 1 unspecified atom stereocenters. The number of piperidine rings is 1. The van der Waals surface area contributed by atoms with Crippen molar-refractivity contribution in [1.29, 1.82) is 0 Å². The van der Waals surface area contributed by atoms with E-state index in [2.05, 4.69) is 19.2 Å². The molecule has 0 saturated carbocycles. The summed E-state index contributed by atoms with van der Waals surface area (Å²) in [6, 6.07) is 9.83. The summed E-state index contributed by atoms with van der Waals surface area (Å²) in [5, 5.41) is 2.97. The minimum absolute atomic E-state index is 0.0944. The largest absolute Gasteiger partial charge is 0.322 e. The molecule has 3 heterocycles. The van der Waals surface area contributed by atoms with E-state index in [9.17, 15) is 19.2 Å². The molecule has 10 heteroatoms. The van der Waals surface area contributed by atoms with Crippen molar-refractivity contribution in [3.63, 3.8) is 0 Å². The van der Waals surface area contributed by atoms with Crippen LogP contribution in [0.25, 0.3) is 5.57 Å². The van der Waals surface area contributed by atoms with Crippen LogP contribution < -0.4 is 5.32 Å². The summed E-state index contributed by atoms with van der Waals surface area (Å²) in [6.07, 6.45) is 3.27. The van der Waals surface area contributed by atoms with Crippen LogP contribution in [0.3, 0.4) is 0 Å². The number of urea groups is 1. The Labute approximate surface area is 249 Å². The summed E-state index contributed by atoms with van der Waals surface area (Å²) in [7, 11) is 0. The van der Waals surface area contributed by atoms with Gasteiger partial charge in [-0.3, -0.25) is 19.7 Å². The van der Waals surface area contributed by atoms with Crippen LogP contribution in [-0.4, -0.2) is 64.1 Å². The Kier molecular flexibility index (Phi) is 7.33. The van der Waals surface area contributed by atoms with Crippen molar-refractivity contribution < 1.29 is 23.6 Å². The van der Waals surface area contributed by atoms with Crippen molar-refractivity contribution in [3.8, 4) is 0 Å². The zero-order valence-electron chi connectivity index (χ0n) is 23.8. The van der Waals surface area contributed by atoms with Gasteiger partial charge < -0.3 is 14.7 Å². The topological polar surface area (TPSA) is 90.0 Å². The van der Waals surface area contributed by atoms with Crippen LogP contribution in [0.1, 0.15) is 73.0 Å². The number of hydrogen-bond donors (Lipinski definition) is 1. The van der Waals surface area contributed by atoms with Crippen molar-refractivity contribution in [2.75, 3.05) is 19.6 Å². The fourth-order valence-corrected chi connectivity index (χ4v) is 6.71. The highest BCUT2D eigenvalue weighted by molar-refractivity contribution is 6.30. The zero-order valence-corrected chi connectivity index (χ0v) is 24.6. The standard InChI is InChI=1S/C32H34ClFN4O4/c1-32(2)10-9-20(25(15-32)19-3-5-23(33)6-4-19)16-36-11-12-37(31(36)42)17-22-13-21-18-38(30(41)24(21)14-26(22)34)27-7-8-28(39)35-29(27)40/h3-6,13-14,27H,7-12,15-18H2,1-2H3,(H,35,39,40). The first-order valence-electron chi connectivity index (χ1n) is 14.5. The fraction of sp³-hybridized carbons (Fsp3) is 0.438. The second kappa shape index (κ2) is 10.8. The Morgan fingerprint density at radius 1 is 1.00 bits per heavy atom. The van der Waals surface area contributed by atoms with E-state index in [1.54, 1.807) is 11.0 Å². The Hall–Kier alpha value is -3.72. The van der Waals surface area contributed by atoms with Gasteiger partial charge in [0.1, 0.15) is 11.9 Å². The van der Waals surface area contributed by atoms with E-state index in [4.69, 9.17) is 11.6 Å². The van der Waals surface area contributed by atoms with Crippen LogP contribution >= 0.6 is 11.6 Å². The maximum absolute atomic E-state index is 15.2. The van der Waals surface area contributed by atoms with Gasteiger partial charge in [-0.1, -0.05) is 37.6 Å². The van der Waals surface area contributed by atoms with E-state index in [1.807, 2.05) is 29.2 Å². The second-order valence-electron chi connectivity index (χ2n) is 12.6. The molecule has 1 atom stereocenters. The Bertz CT molecular complexity index is 1520. The van der Waals surface area contributed by atoms with E-state index in [0.717, 1.165) is 24.8 Å². The third kappa shape index (κ3) is 5.42. The summed E-state index contributed by atoms with van der Waals surface area (Å²) < 4.78 is 15.2. The van der Waals surface area contributed by atoms with Crippen LogP contribution in [0.4, 0.5) is 9.18 Å². The number of halogens is 2. The Morgan fingerprint density at radius 3 is 2.43 bits per heavy atom. The van der Waals surface area contributed by atoms with Crippen LogP contribution in [0.5, 0.6) is 0 Å². The molecule has 1 aliphatic carbocycles. The minimum Gasteiger partial charge on any atom is -0.322 e. The average molecular weight is 593 g/mol. The molecule has 1 N–H and O–H groups in total. The summed E-state index contributed by atoms with van der Waals surface area (Å²) >= 11 is 6.14. The number of rotatable bonds is 6. The van der Waals surface area contributed by atoms with Crippen LogP contribution in [0.15, 0.2) is 42.0 Å². The molecule has 3 aliphatic heterocycles. The quantitative estimate of drug-likeness (QED) is 0.470. The van der Waals surface area contributed by atoms with Gasteiger partial charge >= 0.3 is 6.03 Å². The number of carbonyl (C=O) groups is 4. The fourth-order valence-electron chi connectivity index (χ4n) is 6.59. The lowest BCUT2D eigenvalue weighted by Gasteiger charge is -2.35. The van der Waals surface area contributed by atoms with Gasteiger partial charge in [-0.15, -0.1) is 0 Å². The molecule has 0 radical (unpaired) electrons. The van der Waals surface area contributed by atoms with E-state index < -0.39 is 23.7 Å². The minimum atomic E-state index is -0.764. The number of nitrogens with zero attached hydrogens (tertiary/aromatic N) is 3. The number of benzene rings is 2. The van der Waals surface area contributed by atoms with Gasteiger partial charge in [0, 0.05) is 48.7 Å². The van der Waals surface area contributed by atoms with Gasteiger partial charge in [0.25, 0.3) is 5.91 Å². The number of imide groups is 1. The summed E-state index contributed by atoms with van der Waals surface area (Å²) in [4.78, 5) is 55.3. The van der Waals surface area contributed by atoms with Gasteiger partial charge in [0.2, 0.25) is 11.8 Å². The first kappa shape index (κ1) is 28.4. The lowest BCUT2D eigenvalue weighted by atomic mass is 9.72. The number of nitrogens with one attached hydrogen (secondary N) is 1. The van der Waals surface area contributed by atoms with E-state index in [0.29, 0.717) is 35.8 Å². The maximum atomic E-state index is 15.2. The van der Waals surface area contributed by atoms with Crippen LogP contribution in [0, 0.1) is 11.2 Å². The van der Waals surface area contributed by atoms with Crippen LogP contribution in [-0.2, 0) is 22.7 Å². The SMILES string of the molecule is CC1(C)CCC(CN2CCN(Cc3cc4c(cc3F)C(=O)N(C3CCC(=O)NC3=O)C4)C2=O)=C(c2ccc(Cl)cc2)C1. The molecule has 0 spiro atoms. The van der Waals surface area contributed by atoms with Gasteiger partial charge in [0.15, 0.2) is 0 Å². The number of allylic oxidation sites excluding steroid dienone is 1. The highest BCUT2D eigenvalue weighted by Crippen LogP contribution is 2.43. The molecule has 0 bridgehead atoms. The summed E-state index contributed by atoms with van der Waals surface area (Å²) in [5.41, 5.74) is 4.99. The molecule has 2 aromatic carbocycles. The zero-order chi connectivity index (χ0) is 29.8. The number of carbonyl (C=O) groups excluding carboxylic acids is 4. The first-order valence-corrected chi connectivity index (χ1v) is 14.8. The van der Waals surface area contributed by atoms with Gasteiger partial charge in [-0.05, 0) is 77.6 Å². The predicted molar refractivity (Wildman–Crippen MR) is 156 cm³/mol. The third-order valence-corrected chi connectivity index (χ3v) is 9.24. The monoisotopic (exact) mass is 592 g/mol. The number of fused-ring (bicyclic) bond motifs is 1. The van der Waals surface area contributed by atoms with Crippen LogP contribution in [0.2, 0.25) is 5.02 Å². The molecule has 42 heavy (non-hydrogen) atoms. The molecule has 0 aromatic heterocycles. The van der Waals surface area contributed by atoms with Crippen molar-refractivity contribution in [2.45, 2.75) is 65.1 Å². The molecular formula is C32H34ClFN4O4. The molecule has 220 valence electrons. The molecular weight excluding hydrogens is 559 g/mol.